The number of ether oxygens (including phenoxy) is 2. The molecule has 2 fully saturated rings. The minimum Gasteiger partial charge on any atom is -0.449 e. The van der Waals surface area contributed by atoms with Gasteiger partial charge in [0, 0.05) is 18.0 Å². The molecular weight excluding hydrogens is 584 g/mol. The lowest BCUT2D eigenvalue weighted by Crippen LogP contribution is -2.50. The largest absolute Gasteiger partial charge is 0.482 e. The minimum atomic E-state index is -4.20. The van der Waals surface area contributed by atoms with Gasteiger partial charge in [0.15, 0.2) is 11.4 Å². The van der Waals surface area contributed by atoms with Gasteiger partial charge in [-0.2, -0.15) is 8.78 Å². The van der Waals surface area contributed by atoms with E-state index in [1.54, 1.807) is 0 Å². The molecule has 2 saturated carbocycles. The number of nitrogens with two attached hydrogens (primary N) is 1. The number of anilines is 1. The Balaban J connectivity index is 1.39. The molecule has 2 amide bonds. The van der Waals surface area contributed by atoms with E-state index in [0.29, 0.717) is 36.1 Å². The number of halogens is 3. The number of alkyl halides is 2. The maximum Gasteiger partial charge on any atom is 0.482 e. The van der Waals surface area contributed by atoms with Crippen molar-refractivity contribution in [3.63, 3.8) is 0 Å². The third-order valence-corrected chi connectivity index (χ3v) is 8.54. The van der Waals surface area contributed by atoms with Crippen LogP contribution in [0.25, 0.3) is 11.1 Å². The van der Waals surface area contributed by atoms with Crippen molar-refractivity contribution in [1.82, 2.24) is 15.0 Å². The molecular formula is C30H26ClF2N5O5. The van der Waals surface area contributed by atoms with Crippen LogP contribution in [0.1, 0.15) is 77.0 Å². The Hall–Kier alpha value is -4.19. The zero-order valence-electron chi connectivity index (χ0n) is 23.0. The van der Waals surface area contributed by atoms with Crippen LogP contribution in [0, 0.1) is 11.8 Å². The predicted octanol–water partition coefficient (Wildman–Crippen LogP) is 4.95. The average Bonchev–Trinajstić information content (AvgIpc) is 3.88. The number of aromatic nitrogens is 3. The maximum absolute atomic E-state index is 14.9. The molecule has 2 N–H and O–H groups in total. The van der Waals surface area contributed by atoms with Crippen LogP contribution in [0.15, 0.2) is 30.6 Å². The Kier molecular flexibility index (Phi) is 6.21. The van der Waals surface area contributed by atoms with Crippen LogP contribution < -0.4 is 15.4 Å². The number of hydrogen-bond acceptors (Lipinski definition) is 8. The molecule has 4 aliphatic rings. The van der Waals surface area contributed by atoms with E-state index >= 15 is 0 Å². The molecule has 13 heteroatoms. The number of hydrogen-bond donors (Lipinski definition) is 1. The Labute approximate surface area is 249 Å². The number of benzene rings is 1. The lowest BCUT2D eigenvalue weighted by atomic mass is 9.86. The highest BCUT2D eigenvalue weighted by Crippen LogP contribution is 2.51. The van der Waals surface area contributed by atoms with Gasteiger partial charge in [-0.1, -0.05) is 30.5 Å². The van der Waals surface area contributed by atoms with Gasteiger partial charge in [0.25, 0.3) is 5.91 Å². The minimum absolute atomic E-state index is 0.0314. The second-order valence-corrected chi connectivity index (χ2v) is 12.3. The number of rotatable bonds is 8. The molecule has 10 nitrogen and oxygen atoms in total. The highest BCUT2D eigenvalue weighted by molar-refractivity contribution is 6.30. The highest BCUT2D eigenvalue weighted by atomic mass is 35.5. The van der Waals surface area contributed by atoms with Crippen LogP contribution in [0.3, 0.4) is 0 Å². The van der Waals surface area contributed by atoms with E-state index in [1.807, 2.05) is 6.92 Å². The fraction of sp³-hybridized carbons (Fsp3) is 0.400. The second kappa shape index (κ2) is 9.66. The molecule has 222 valence electrons. The molecule has 0 bridgehead atoms. The summed E-state index contributed by atoms with van der Waals surface area (Å²) >= 11 is 5.84. The van der Waals surface area contributed by atoms with Gasteiger partial charge < -0.3 is 15.2 Å². The normalized spacial score (nSPS) is 22.1. The van der Waals surface area contributed by atoms with Gasteiger partial charge in [-0.15, -0.1) is 0 Å². The van der Waals surface area contributed by atoms with Gasteiger partial charge in [0.05, 0.1) is 39.8 Å². The van der Waals surface area contributed by atoms with Gasteiger partial charge >= 0.3 is 18.0 Å². The first-order valence-electron chi connectivity index (χ1n) is 14.0. The molecule has 2 aliphatic carbocycles. The molecule has 0 unspecified atom stereocenters. The van der Waals surface area contributed by atoms with Crippen LogP contribution in [-0.4, -0.2) is 38.8 Å². The molecule has 43 heavy (non-hydrogen) atoms. The van der Waals surface area contributed by atoms with Gasteiger partial charge in [0.1, 0.15) is 5.82 Å². The first-order valence-corrected chi connectivity index (χ1v) is 14.4. The van der Waals surface area contributed by atoms with E-state index in [9.17, 15) is 23.2 Å². The van der Waals surface area contributed by atoms with E-state index in [2.05, 4.69) is 9.97 Å². The number of pyridine rings is 1. The highest BCUT2D eigenvalue weighted by Gasteiger charge is 2.52. The van der Waals surface area contributed by atoms with Crippen LogP contribution >= 0.6 is 11.6 Å². The molecule has 2 aliphatic heterocycles. The molecule has 3 aromatic rings. The van der Waals surface area contributed by atoms with Gasteiger partial charge in [-0.05, 0) is 62.1 Å². The van der Waals surface area contributed by atoms with Crippen molar-refractivity contribution in [2.45, 2.75) is 63.7 Å². The lowest BCUT2D eigenvalue weighted by molar-refractivity contribution is -0.193. The monoisotopic (exact) mass is 609 g/mol. The van der Waals surface area contributed by atoms with Crippen LogP contribution in [-0.2, 0) is 28.1 Å². The maximum atomic E-state index is 14.9. The van der Waals surface area contributed by atoms with E-state index < -0.39 is 29.5 Å². The number of esters is 1. The summed E-state index contributed by atoms with van der Waals surface area (Å²) in [6, 6.07) is 4.22. The number of nitrogens with zero attached hydrogens (tertiary/aromatic N) is 4. The Morgan fingerprint density at radius 1 is 1.09 bits per heavy atom. The Morgan fingerprint density at radius 3 is 2.44 bits per heavy atom. The number of carbonyl (C=O) groups excluding carboxylic acids is 3. The van der Waals surface area contributed by atoms with E-state index in [-0.39, 0.29) is 51.1 Å². The molecule has 0 saturated heterocycles. The number of fused-ring (bicyclic) bond motifs is 2. The first-order chi connectivity index (χ1) is 20.4. The summed E-state index contributed by atoms with van der Waals surface area (Å²) in [7, 11) is 0. The lowest BCUT2D eigenvalue weighted by Gasteiger charge is -2.33. The zero-order chi connectivity index (χ0) is 30.3. The van der Waals surface area contributed by atoms with Crippen molar-refractivity contribution in [2.75, 3.05) is 4.90 Å². The van der Waals surface area contributed by atoms with Crippen LogP contribution in [0.4, 0.5) is 14.5 Å². The summed E-state index contributed by atoms with van der Waals surface area (Å²) in [5, 5.41) is 0.246. The van der Waals surface area contributed by atoms with Crippen LogP contribution in [0.2, 0.25) is 5.02 Å². The fourth-order valence-electron chi connectivity index (χ4n) is 5.97. The average molecular weight is 610 g/mol. The predicted molar refractivity (Wildman–Crippen MR) is 149 cm³/mol. The third-order valence-electron chi connectivity index (χ3n) is 8.34. The summed E-state index contributed by atoms with van der Waals surface area (Å²) in [5.74, 6) is -2.61. The van der Waals surface area contributed by atoms with E-state index in [4.69, 9.17) is 31.8 Å². The van der Waals surface area contributed by atoms with Crippen molar-refractivity contribution < 1.29 is 32.6 Å². The molecule has 0 radical (unpaired) electrons. The molecule has 1 atom stereocenters. The third kappa shape index (κ3) is 4.87. The van der Waals surface area contributed by atoms with Gasteiger partial charge in [-0.25, -0.2) is 14.8 Å². The number of cyclic esters (lactones) is 1. The fourth-order valence-corrected chi connectivity index (χ4v) is 6.07. The quantitative estimate of drug-likeness (QED) is 0.354. The summed E-state index contributed by atoms with van der Waals surface area (Å²) in [5.41, 5.74) is 6.32. The van der Waals surface area contributed by atoms with Crippen molar-refractivity contribution in [3.05, 3.63) is 64.0 Å². The SMILES string of the molecule is C[C@@]1(CC2CC2)OC(=O)c2c1nc(CC1CC1)c(C(N)=O)c2-c1ccc2c(c1)OC(F)(F)C(=O)N2Cc1ncc(Cl)cn1. The van der Waals surface area contributed by atoms with Crippen molar-refractivity contribution >= 4 is 35.1 Å². The summed E-state index contributed by atoms with van der Waals surface area (Å²) in [4.78, 5) is 52.9. The molecule has 4 heterocycles. The van der Waals surface area contributed by atoms with Crippen molar-refractivity contribution in [3.8, 4) is 16.9 Å². The number of amides is 2. The number of primary amides is 1. The molecule has 1 aromatic carbocycles. The van der Waals surface area contributed by atoms with Crippen LogP contribution in [0.5, 0.6) is 5.75 Å². The van der Waals surface area contributed by atoms with Crippen molar-refractivity contribution in [2.24, 2.45) is 17.6 Å². The summed E-state index contributed by atoms with van der Waals surface area (Å²) in [6.07, 6.45) is 3.45. The van der Waals surface area contributed by atoms with E-state index in [0.717, 1.165) is 30.6 Å². The number of carbonyl (C=O) groups is 3. The Morgan fingerprint density at radius 2 is 1.79 bits per heavy atom. The smallest absolute Gasteiger partial charge is 0.449 e. The molecule has 7 rings (SSSR count). The Bertz CT molecular complexity index is 1710. The molecule has 2 aromatic heterocycles. The van der Waals surface area contributed by atoms with Gasteiger partial charge in [0.2, 0.25) is 0 Å². The topological polar surface area (TPSA) is 138 Å². The molecule has 0 spiro atoms. The standard InChI is InChI=1S/C30H26ClF2N5O5/c1-29(10-15-4-5-15)25-24(27(40)43-29)22(23(26(34)39)18(37-25)8-14-2-3-14)16-6-7-19-20(9-16)42-30(32,33)28(41)38(19)13-21-35-11-17(31)12-36-21/h6-7,9,11-12,14-15H,2-5,8,10,13H2,1H3,(H2,34,39)/t29-/m0/s1. The zero-order valence-corrected chi connectivity index (χ0v) is 23.8. The van der Waals surface area contributed by atoms with E-state index in [1.165, 1.54) is 30.6 Å². The van der Waals surface area contributed by atoms with Gasteiger partial charge in [-0.3, -0.25) is 19.5 Å². The second-order valence-electron chi connectivity index (χ2n) is 11.8. The summed E-state index contributed by atoms with van der Waals surface area (Å²) < 4.78 is 40.7. The van der Waals surface area contributed by atoms with Crippen molar-refractivity contribution in [1.29, 1.82) is 0 Å². The first kappa shape index (κ1) is 27.6. The summed E-state index contributed by atoms with van der Waals surface area (Å²) in [6.45, 7) is 1.44.